The molecule has 0 aliphatic carbocycles. The van der Waals surface area contributed by atoms with E-state index in [2.05, 4.69) is 4.74 Å². The Labute approximate surface area is 42.2 Å². The fraction of sp³-hybridized carbons (Fsp3) is 1.00. The number of halogens is 1. The molecule has 0 amide bonds. The third-order valence-electron chi connectivity index (χ3n) is 0.441. The van der Waals surface area contributed by atoms with Crippen molar-refractivity contribution in [1.29, 1.82) is 0 Å². The standard InChI is InChI=1S/C3H8ClNO/c1-6-3(4)2-5/h3H,2,5H2,1H3. The average Bonchev–Trinajstić information content (AvgIpc) is 1.65. The lowest BCUT2D eigenvalue weighted by molar-refractivity contribution is 0.173. The molecule has 0 heterocycles. The molecule has 0 aromatic carbocycles. The first-order chi connectivity index (χ1) is 2.81. The Morgan fingerprint density at radius 3 is 2.50 bits per heavy atom. The van der Waals surface area contributed by atoms with Crippen LogP contribution in [-0.2, 0) is 4.74 Å². The normalized spacial score (nSPS) is 14.5. The monoisotopic (exact) mass is 109 g/mol. The zero-order valence-electron chi connectivity index (χ0n) is 3.65. The molecule has 0 aliphatic heterocycles. The van der Waals surface area contributed by atoms with E-state index in [4.69, 9.17) is 17.3 Å². The van der Waals surface area contributed by atoms with Crippen LogP contribution in [0.25, 0.3) is 0 Å². The van der Waals surface area contributed by atoms with E-state index in [9.17, 15) is 0 Å². The molecular weight excluding hydrogens is 101 g/mol. The van der Waals surface area contributed by atoms with Crippen molar-refractivity contribution in [1.82, 2.24) is 0 Å². The van der Waals surface area contributed by atoms with Crippen molar-refractivity contribution < 1.29 is 4.74 Å². The van der Waals surface area contributed by atoms with Gasteiger partial charge < -0.3 is 10.5 Å². The molecule has 0 saturated heterocycles. The second-order valence-corrected chi connectivity index (χ2v) is 1.37. The summed E-state index contributed by atoms with van der Waals surface area (Å²) in [6.45, 7) is 0.373. The van der Waals surface area contributed by atoms with Gasteiger partial charge >= 0.3 is 0 Å². The van der Waals surface area contributed by atoms with Gasteiger partial charge in [-0.05, 0) is 0 Å². The molecule has 2 nitrogen and oxygen atoms in total. The summed E-state index contributed by atoms with van der Waals surface area (Å²) in [6, 6.07) is 0. The van der Waals surface area contributed by atoms with Crippen molar-refractivity contribution >= 4 is 11.6 Å². The van der Waals surface area contributed by atoms with Gasteiger partial charge in [0.05, 0.1) is 0 Å². The van der Waals surface area contributed by atoms with Crippen molar-refractivity contribution in [3.05, 3.63) is 0 Å². The molecule has 2 N–H and O–H groups in total. The lowest BCUT2D eigenvalue weighted by Crippen LogP contribution is -2.14. The Morgan fingerprint density at radius 2 is 2.50 bits per heavy atom. The van der Waals surface area contributed by atoms with Crippen LogP contribution in [0.5, 0.6) is 0 Å². The first-order valence-corrected chi connectivity index (χ1v) is 2.12. The molecule has 0 saturated carbocycles. The number of hydrogen-bond acceptors (Lipinski definition) is 2. The molecule has 0 aromatic heterocycles. The number of rotatable bonds is 2. The van der Waals surface area contributed by atoms with Crippen LogP contribution in [0, 0.1) is 0 Å². The molecule has 1 atom stereocenters. The maximum atomic E-state index is 5.30. The van der Waals surface area contributed by atoms with Crippen molar-refractivity contribution in [2.24, 2.45) is 5.73 Å². The molecule has 38 valence electrons. The Balaban J connectivity index is 2.75. The van der Waals surface area contributed by atoms with Crippen LogP contribution >= 0.6 is 11.6 Å². The van der Waals surface area contributed by atoms with Crippen LogP contribution in [0.15, 0.2) is 0 Å². The largest absolute Gasteiger partial charge is 0.364 e. The van der Waals surface area contributed by atoms with Gasteiger partial charge in [0.15, 0.2) is 0 Å². The van der Waals surface area contributed by atoms with Crippen molar-refractivity contribution in [3.63, 3.8) is 0 Å². The van der Waals surface area contributed by atoms with E-state index < -0.39 is 0 Å². The summed E-state index contributed by atoms with van der Waals surface area (Å²) < 4.78 is 4.54. The van der Waals surface area contributed by atoms with E-state index >= 15 is 0 Å². The predicted octanol–water partition coefficient (Wildman–Crippen LogP) is 0.156. The summed E-state index contributed by atoms with van der Waals surface area (Å²) in [7, 11) is 1.52. The minimum atomic E-state index is -0.315. The van der Waals surface area contributed by atoms with E-state index in [1.807, 2.05) is 0 Å². The first kappa shape index (κ1) is 6.21. The Hall–Kier alpha value is 0.210. The lowest BCUT2D eigenvalue weighted by atomic mass is 10.7. The van der Waals surface area contributed by atoms with Crippen LogP contribution in [0.1, 0.15) is 0 Å². The Bertz CT molecular complexity index is 30.0. The third-order valence-corrected chi connectivity index (χ3v) is 0.797. The second-order valence-electron chi connectivity index (χ2n) is 0.881. The zero-order valence-corrected chi connectivity index (χ0v) is 4.40. The molecule has 1 unspecified atom stereocenters. The fourth-order valence-electron chi connectivity index (χ4n) is 0.0962. The summed E-state index contributed by atoms with van der Waals surface area (Å²) in [5.41, 5.74) is 4.71. The highest BCUT2D eigenvalue weighted by Gasteiger charge is 1.91. The molecule has 0 bridgehead atoms. The fourth-order valence-corrected chi connectivity index (χ4v) is 0.0962. The quantitative estimate of drug-likeness (QED) is 0.513. The number of methoxy groups -OCH3 is 1. The summed E-state index contributed by atoms with van der Waals surface area (Å²) in [6.07, 6.45) is 0. The van der Waals surface area contributed by atoms with Gasteiger partial charge in [0.2, 0.25) is 0 Å². The van der Waals surface area contributed by atoms with Gasteiger partial charge in [-0.25, -0.2) is 0 Å². The summed E-state index contributed by atoms with van der Waals surface area (Å²) in [5, 5.41) is 0. The van der Waals surface area contributed by atoms with Crippen LogP contribution < -0.4 is 5.73 Å². The van der Waals surface area contributed by atoms with E-state index in [0.717, 1.165) is 0 Å². The molecular formula is C3H8ClNO. The average molecular weight is 110 g/mol. The SMILES string of the molecule is COC(Cl)CN. The maximum Gasteiger partial charge on any atom is 0.142 e. The smallest absolute Gasteiger partial charge is 0.142 e. The summed E-state index contributed by atoms with van der Waals surface area (Å²) in [4.78, 5) is 0. The highest BCUT2D eigenvalue weighted by atomic mass is 35.5. The number of hydrogen-bond donors (Lipinski definition) is 1. The minimum absolute atomic E-state index is 0.315. The summed E-state index contributed by atoms with van der Waals surface area (Å²) in [5.74, 6) is 0. The van der Waals surface area contributed by atoms with Crippen molar-refractivity contribution in [2.45, 2.75) is 5.56 Å². The van der Waals surface area contributed by atoms with E-state index in [1.165, 1.54) is 7.11 Å². The second kappa shape index (κ2) is 3.40. The van der Waals surface area contributed by atoms with Crippen LogP contribution in [0.4, 0.5) is 0 Å². The molecule has 0 aromatic rings. The van der Waals surface area contributed by atoms with Gasteiger partial charge in [0, 0.05) is 13.7 Å². The first-order valence-electron chi connectivity index (χ1n) is 1.68. The van der Waals surface area contributed by atoms with Gasteiger partial charge in [-0.1, -0.05) is 11.6 Å². The van der Waals surface area contributed by atoms with Gasteiger partial charge in [-0.15, -0.1) is 0 Å². The van der Waals surface area contributed by atoms with Crippen LogP contribution in [0.3, 0.4) is 0 Å². The van der Waals surface area contributed by atoms with Gasteiger partial charge in [-0.2, -0.15) is 0 Å². The van der Waals surface area contributed by atoms with Crippen molar-refractivity contribution in [3.8, 4) is 0 Å². The Morgan fingerprint density at radius 1 is 2.00 bits per heavy atom. The van der Waals surface area contributed by atoms with E-state index in [0.29, 0.717) is 6.54 Å². The van der Waals surface area contributed by atoms with Gasteiger partial charge in [0.25, 0.3) is 0 Å². The minimum Gasteiger partial charge on any atom is -0.364 e. The van der Waals surface area contributed by atoms with E-state index in [-0.39, 0.29) is 5.56 Å². The summed E-state index contributed by atoms with van der Waals surface area (Å²) >= 11 is 5.30. The molecule has 0 fully saturated rings. The van der Waals surface area contributed by atoms with Gasteiger partial charge in [-0.3, -0.25) is 0 Å². The van der Waals surface area contributed by atoms with Crippen LogP contribution in [-0.4, -0.2) is 19.2 Å². The maximum absolute atomic E-state index is 5.30. The topological polar surface area (TPSA) is 35.2 Å². The highest BCUT2D eigenvalue weighted by molar-refractivity contribution is 6.19. The molecule has 6 heavy (non-hydrogen) atoms. The highest BCUT2D eigenvalue weighted by Crippen LogP contribution is 1.89. The van der Waals surface area contributed by atoms with Crippen LogP contribution in [0.2, 0.25) is 0 Å². The molecule has 3 heteroatoms. The Kier molecular flexibility index (Phi) is 3.52. The number of alkyl halides is 1. The predicted molar refractivity (Wildman–Crippen MR) is 25.7 cm³/mol. The van der Waals surface area contributed by atoms with E-state index in [1.54, 1.807) is 0 Å². The lowest BCUT2D eigenvalue weighted by Gasteiger charge is -1.98. The number of nitrogens with two attached hydrogens (primary N) is 1. The number of ether oxygens (including phenoxy) is 1. The molecule has 0 aliphatic rings. The third kappa shape index (κ3) is 2.45. The zero-order chi connectivity index (χ0) is 4.99. The van der Waals surface area contributed by atoms with Gasteiger partial charge in [0.1, 0.15) is 5.56 Å². The molecule has 0 radical (unpaired) electrons. The molecule has 0 rings (SSSR count). The molecule has 0 spiro atoms. The van der Waals surface area contributed by atoms with Crippen molar-refractivity contribution in [2.75, 3.05) is 13.7 Å².